The predicted octanol–water partition coefficient (Wildman–Crippen LogP) is 4.28. The van der Waals surface area contributed by atoms with E-state index >= 15 is 0 Å². The summed E-state index contributed by atoms with van der Waals surface area (Å²) in [6.07, 6.45) is 3.06. The molecule has 3 heteroatoms. The number of rotatable bonds is 5. The first-order valence-electron chi connectivity index (χ1n) is 6.94. The second-order valence-corrected chi connectivity index (χ2v) is 12.2. The molecule has 0 fully saturated rings. The van der Waals surface area contributed by atoms with E-state index in [1.165, 1.54) is 0 Å². The average molecular weight is 290 g/mol. The Morgan fingerprint density at radius 2 is 1.75 bits per heavy atom. The van der Waals surface area contributed by atoms with Gasteiger partial charge in [0, 0.05) is 8.07 Å². The predicted molar refractivity (Wildman–Crippen MR) is 89.9 cm³/mol. The molecule has 0 spiro atoms. The molecule has 0 bridgehead atoms. The van der Waals surface area contributed by atoms with Gasteiger partial charge in [0.2, 0.25) is 0 Å². The third-order valence-corrected chi connectivity index (χ3v) is 4.67. The van der Waals surface area contributed by atoms with Crippen molar-refractivity contribution in [1.29, 1.82) is 0 Å². The molecule has 1 atom stereocenters. The second-order valence-electron chi connectivity index (χ2n) is 6.70. The summed E-state index contributed by atoms with van der Waals surface area (Å²) in [5, 5.41) is 19.9. The molecule has 110 valence electrons. The van der Waals surface area contributed by atoms with E-state index < -0.39 is 14.2 Å². The van der Waals surface area contributed by atoms with Gasteiger partial charge < -0.3 is 10.2 Å². The Kier molecular flexibility index (Phi) is 5.37. The summed E-state index contributed by atoms with van der Waals surface area (Å²) in [5.74, 6) is 0.339. The molecule has 1 rings (SSSR count). The van der Waals surface area contributed by atoms with Gasteiger partial charge in [0.25, 0.3) is 0 Å². The van der Waals surface area contributed by atoms with Crippen molar-refractivity contribution in [2.24, 2.45) is 0 Å². The zero-order chi connectivity index (χ0) is 15.5. The molecule has 0 heterocycles. The van der Waals surface area contributed by atoms with Crippen molar-refractivity contribution in [3.8, 4) is 5.75 Å². The number of hydrogen-bond donors (Lipinski definition) is 2. The number of benzene rings is 1. The topological polar surface area (TPSA) is 40.5 Å². The standard InChI is InChI=1S/C17H26O2Si/c1-12-9-15(10-13(2)17(12)19)7-8-16(18)14(3)11-20(4,5)6/h7-10,16,18-19H,3,11H2,1-2,4-6H3/b8-7+. The number of aromatic hydroxyl groups is 1. The first-order chi connectivity index (χ1) is 9.10. The number of hydrogen-bond acceptors (Lipinski definition) is 2. The molecule has 1 aromatic carbocycles. The van der Waals surface area contributed by atoms with E-state index in [0.717, 1.165) is 28.3 Å². The fraction of sp³-hybridized carbons (Fsp3) is 0.412. The molecule has 2 nitrogen and oxygen atoms in total. The zero-order valence-electron chi connectivity index (χ0n) is 13.2. The van der Waals surface area contributed by atoms with Crippen molar-refractivity contribution >= 4 is 14.1 Å². The Hall–Kier alpha value is -1.32. The van der Waals surface area contributed by atoms with Gasteiger partial charge in [0.05, 0.1) is 6.10 Å². The van der Waals surface area contributed by atoms with Crippen LogP contribution >= 0.6 is 0 Å². The number of aliphatic hydroxyl groups is 1. The van der Waals surface area contributed by atoms with E-state index in [0.29, 0.717) is 5.75 Å². The number of aryl methyl sites for hydroxylation is 2. The highest BCUT2D eigenvalue weighted by molar-refractivity contribution is 6.76. The maximum atomic E-state index is 10.1. The van der Waals surface area contributed by atoms with Crippen LogP contribution in [0.2, 0.25) is 25.7 Å². The smallest absolute Gasteiger partial charge is 0.121 e. The molecule has 2 N–H and O–H groups in total. The van der Waals surface area contributed by atoms with E-state index in [1.54, 1.807) is 6.08 Å². The maximum Gasteiger partial charge on any atom is 0.121 e. The Labute approximate surface area is 123 Å². The number of aliphatic hydroxyl groups excluding tert-OH is 1. The average Bonchev–Trinajstić information content (AvgIpc) is 2.30. The van der Waals surface area contributed by atoms with E-state index in [2.05, 4.69) is 26.2 Å². The molecule has 1 aromatic rings. The highest BCUT2D eigenvalue weighted by Gasteiger charge is 2.17. The van der Waals surface area contributed by atoms with Crippen LogP contribution in [0.1, 0.15) is 16.7 Å². The molecule has 0 saturated heterocycles. The van der Waals surface area contributed by atoms with Crippen molar-refractivity contribution in [3.05, 3.63) is 47.1 Å². The summed E-state index contributed by atoms with van der Waals surface area (Å²) < 4.78 is 0. The lowest BCUT2D eigenvalue weighted by Gasteiger charge is -2.19. The van der Waals surface area contributed by atoms with Crippen molar-refractivity contribution in [2.45, 2.75) is 45.6 Å². The molecule has 0 amide bonds. The molecular weight excluding hydrogens is 264 g/mol. The summed E-state index contributed by atoms with van der Waals surface area (Å²) in [6, 6.07) is 4.74. The summed E-state index contributed by atoms with van der Waals surface area (Å²) in [6.45, 7) is 14.5. The number of phenols is 1. The fourth-order valence-electron chi connectivity index (χ4n) is 2.21. The van der Waals surface area contributed by atoms with E-state index in [9.17, 15) is 10.2 Å². The highest BCUT2D eigenvalue weighted by Crippen LogP contribution is 2.24. The van der Waals surface area contributed by atoms with Crippen LogP contribution in [0, 0.1) is 13.8 Å². The van der Waals surface area contributed by atoms with Crippen LogP contribution < -0.4 is 0 Å². The van der Waals surface area contributed by atoms with Gasteiger partial charge in [0.1, 0.15) is 5.75 Å². The van der Waals surface area contributed by atoms with Crippen molar-refractivity contribution in [1.82, 2.24) is 0 Å². The lowest BCUT2D eigenvalue weighted by molar-refractivity contribution is 0.260. The summed E-state index contributed by atoms with van der Waals surface area (Å²) in [4.78, 5) is 0. The van der Waals surface area contributed by atoms with Crippen LogP contribution in [0.3, 0.4) is 0 Å². The summed E-state index contributed by atoms with van der Waals surface area (Å²) >= 11 is 0. The third kappa shape index (κ3) is 4.98. The minimum absolute atomic E-state index is 0.339. The number of phenolic OH excluding ortho intramolecular Hbond substituents is 1. The Morgan fingerprint density at radius 3 is 2.20 bits per heavy atom. The van der Waals surface area contributed by atoms with Gasteiger partial charge in [-0.3, -0.25) is 0 Å². The normalized spacial score (nSPS) is 13.7. The van der Waals surface area contributed by atoms with Crippen molar-refractivity contribution in [2.75, 3.05) is 0 Å². The van der Waals surface area contributed by atoms with Crippen LogP contribution in [0.4, 0.5) is 0 Å². The SMILES string of the molecule is C=C(C[Si](C)(C)C)C(O)/C=C/c1cc(C)c(O)c(C)c1. The Balaban J connectivity index is 2.80. The molecule has 0 aliphatic carbocycles. The second kappa shape index (κ2) is 6.42. The summed E-state index contributed by atoms with van der Waals surface area (Å²) in [7, 11) is -1.24. The highest BCUT2D eigenvalue weighted by atomic mass is 28.3. The van der Waals surface area contributed by atoms with Crippen molar-refractivity contribution < 1.29 is 10.2 Å². The molecule has 1 unspecified atom stereocenters. The lowest BCUT2D eigenvalue weighted by atomic mass is 10.0. The molecule has 0 saturated carbocycles. The minimum Gasteiger partial charge on any atom is -0.507 e. The molecule has 20 heavy (non-hydrogen) atoms. The molecule has 0 aliphatic rings. The zero-order valence-corrected chi connectivity index (χ0v) is 14.2. The van der Waals surface area contributed by atoms with Gasteiger partial charge >= 0.3 is 0 Å². The molecule has 0 aromatic heterocycles. The Morgan fingerprint density at radius 1 is 1.25 bits per heavy atom. The van der Waals surface area contributed by atoms with Gasteiger partial charge in [-0.2, -0.15) is 0 Å². The van der Waals surface area contributed by atoms with Crippen molar-refractivity contribution in [3.63, 3.8) is 0 Å². The maximum absolute atomic E-state index is 10.1. The first-order valence-corrected chi connectivity index (χ1v) is 10.6. The van der Waals surface area contributed by atoms with Gasteiger partial charge in [-0.05, 0) is 54.3 Å². The van der Waals surface area contributed by atoms with E-state index in [4.69, 9.17) is 0 Å². The Bertz CT molecular complexity index is 501. The fourth-order valence-corrected chi connectivity index (χ4v) is 3.78. The summed E-state index contributed by atoms with van der Waals surface area (Å²) in [5.41, 5.74) is 3.56. The van der Waals surface area contributed by atoms with Gasteiger partial charge in [0.15, 0.2) is 0 Å². The van der Waals surface area contributed by atoms with Gasteiger partial charge in [-0.1, -0.05) is 38.4 Å². The largest absolute Gasteiger partial charge is 0.507 e. The van der Waals surface area contributed by atoms with Gasteiger partial charge in [-0.25, -0.2) is 0 Å². The molecular formula is C17H26O2Si. The van der Waals surface area contributed by atoms with E-state index in [1.807, 2.05) is 32.1 Å². The van der Waals surface area contributed by atoms with Crippen LogP contribution in [0.25, 0.3) is 6.08 Å². The lowest BCUT2D eigenvalue weighted by Crippen LogP contribution is -2.23. The van der Waals surface area contributed by atoms with Crippen LogP contribution in [0.15, 0.2) is 30.4 Å². The molecule has 0 radical (unpaired) electrons. The van der Waals surface area contributed by atoms with Gasteiger partial charge in [-0.15, -0.1) is 0 Å². The van der Waals surface area contributed by atoms with E-state index in [-0.39, 0.29) is 0 Å². The molecule has 0 aliphatic heterocycles. The minimum atomic E-state index is -1.24. The van der Waals surface area contributed by atoms with Crippen LogP contribution in [-0.4, -0.2) is 24.4 Å². The van der Waals surface area contributed by atoms with Crippen LogP contribution in [0.5, 0.6) is 5.75 Å². The van der Waals surface area contributed by atoms with Crippen LogP contribution in [-0.2, 0) is 0 Å². The quantitative estimate of drug-likeness (QED) is 0.628. The third-order valence-electron chi connectivity index (χ3n) is 3.16. The first kappa shape index (κ1) is 16.7. The monoisotopic (exact) mass is 290 g/mol.